The molecule has 1 atom stereocenters. The fourth-order valence-electron chi connectivity index (χ4n) is 1.80. The molecule has 13 heavy (non-hydrogen) atoms. The molecule has 0 aromatic heterocycles. The van der Waals surface area contributed by atoms with Gasteiger partial charge in [0.2, 0.25) is 0 Å². The van der Waals surface area contributed by atoms with Crippen LogP contribution < -0.4 is 0 Å². The number of carboxylic acid groups (broad SMARTS) is 1. The second kappa shape index (κ2) is 3.87. The topological polar surface area (TPSA) is 54.4 Å². The number of amides is 1. The summed E-state index contributed by atoms with van der Waals surface area (Å²) in [6.45, 7) is 3.49. The third kappa shape index (κ3) is 2.06. The SMILES string of the molecule is CC[N+]1(C(=O)O)CCCC(=O)CC1. The Hall–Kier alpha value is -0.900. The van der Waals surface area contributed by atoms with Gasteiger partial charge >= 0.3 is 6.09 Å². The van der Waals surface area contributed by atoms with Gasteiger partial charge in [0.05, 0.1) is 26.1 Å². The first-order valence-electron chi connectivity index (χ1n) is 4.72. The van der Waals surface area contributed by atoms with Crippen LogP contribution in [0.1, 0.15) is 26.2 Å². The summed E-state index contributed by atoms with van der Waals surface area (Å²) in [5, 5.41) is 9.06. The van der Waals surface area contributed by atoms with E-state index in [-0.39, 0.29) is 10.3 Å². The lowest BCUT2D eigenvalue weighted by atomic mass is 10.2. The molecule has 1 amide bonds. The standard InChI is InChI=1S/C9H15NO3/c1-2-10(9(12)13)6-3-4-8(11)5-7-10/h2-7H2,1H3/p+1. The summed E-state index contributed by atoms with van der Waals surface area (Å²) in [6.07, 6.45) is 0.879. The highest BCUT2D eigenvalue weighted by atomic mass is 16.4. The van der Waals surface area contributed by atoms with Gasteiger partial charge in [-0.2, -0.15) is 4.79 Å². The van der Waals surface area contributed by atoms with Gasteiger partial charge in [0.25, 0.3) is 0 Å². The first kappa shape index (κ1) is 10.2. The normalized spacial score (nSPS) is 29.8. The number of Topliss-reactive ketones (excluding diaryl/α,β-unsaturated/α-hetero) is 1. The molecule has 0 aromatic carbocycles. The molecule has 0 aliphatic carbocycles. The fraction of sp³-hybridized carbons (Fsp3) is 0.778. The highest BCUT2D eigenvalue weighted by molar-refractivity contribution is 5.78. The number of likely N-dealkylation sites (tertiary alicyclic amines) is 1. The third-order valence-electron chi connectivity index (χ3n) is 2.87. The van der Waals surface area contributed by atoms with Crippen LogP contribution in [0, 0.1) is 0 Å². The number of nitrogens with zero attached hydrogens (tertiary/aromatic N) is 1. The lowest BCUT2D eigenvalue weighted by Gasteiger charge is -2.29. The summed E-state index contributed by atoms with van der Waals surface area (Å²) in [7, 11) is 0. The van der Waals surface area contributed by atoms with Gasteiger partial charge in [-0.3, -0.25) is 4.79 Å². The minimum Gasteiger partial charge on any atom is -0.435 e. The maximum atomic E-state index is 11.1. The van der Waals surface area contributed by atoms with E-state index in [1.807, 2.05) is 6.92 Å². The van der Waals surface area contributed by atoms with Crippen molar-refractivity contribution in [2.75, 3.05) is 19.6 Å². The smallest absolute Gasteiger partial charge is 0.435 e. The van der Waals surface area contributed by atoms with E-state index in [0.29, 0.717) is 38.9 Å². The highest BCUT2D eigenvalue weighted by Gasteiger charge is 2.36. The molecule has 1 rings (SSSR count). The van der Waals surface area contributed by atoms with E-state index in [4.69, 9.17) is 5.11 Å². The number of rotatable bonds is 1. The first-order valence-corrected chi connectivity index (χ1v) is 4.72. The van der Waals surface area contributed by atoms with Crippen molar-refractivity contribution in [3.63, 3.8) is 0 Å². The predicted molar refractivity (Wildman–Crippen MR) is 47.4 cm³/mol. The van der Waals surface area contributed by atoms with Crippen LogP contribution in [0.4, 0.5) is 4.79 Å². The van der Waals surface area contributed by atoms with Gasteiger partial charge in [0, 0.05) is 12.8 Å². The molecule has 1 heterocycles. The van der Waals surface area contributed by atoms with Crippen molar-refractivity contribution >= 4 is 11.9 Å². The molecule has 1 aliphatic heterocycles. The molecule has 0 saturated carbocycles. The molecule has 1 fully saturated rings. The average Bonchev–Trinajstić information content (AvgIpc) is 2.28. The Kier molecular flexibility index (Phi) is 3.03. The van der Waals surface area contributed by atoms with E-state index >= 15 is 0 Å². The van der Waals surface area contributed by atoms with Crippen LogP contribution in [0.2, 0.25) is 0 Å². The number of carbonyl (C=O) groups excluding carboxylic acids is 1. The van der Waals surface area contributed by atoms with Crippen LogP contribution in [0.5, 0.6) is 0 Å². The van der Waals surface area contributed by atoms with Crippen LogP contribution in [-0.2, 0) is 4.79 Å². The van der Waals surface area contributed by atoms with E-state index in [9.17, 15) is 9.59 Å². The van der Waals surface area contributed by atoms with Crippen molar-refractivity contribution in [2.45, 2.75) is 26.2 Å². The highest BCUT2D eigenvalue weighted by Crippen LogP contribution is 2.16. The number of ketones is 1. The molecule has 1 saturated heterocycles. The molecule has 4 nitrogen and oxygen atoms in total. The molecule has 0 radical (unpaired) electrons. The van der Waals surface area contributed by atoms with Crippen molar-refractivity contribution in [3.05, 3.63) is 0 Å². The Morgan fingerprint density at radius 3 is 2.69 bits per heavy atom. The van der Waals surface area contributed by atoms with E-state index in [1.165, 1.54) is 0 Å². The van der Waals surface area contributed by atoms with Crippen molar-refractivity contribution < 1.29 is 19.2 Å². The van der Waals surface area contributed by atoms with E-state index in [2.05, 4.69) is 0 Å². The maximum absolute atomic E-state index is 11.1. The predicted octanol–water partition coefficient (Wildman–Crippen LogP) is 1.25. The Balaban J connectivity index is 2.75. The van der Waals surface area contributed by atoms with Gasteiger partial charge in [-0.15, -0.1) is 0 Å². The molecule has 4 heteroatoms. The van der Waals surface area contributed by atoms with Crippen molar-refractivity contribution in [2.24, 2.45) is 0 Å². The molecule has 0 spiro atoms. The average molecular weight is 186 g/mol. The molecule has 1 unspecified atom stereocenters. The number of quaternary nitrogens is 1. The van der Waals surface area contributed by atoms with Crippen LogP contribution in [0.25, 0.3) is 0 Å². The summed E-state index contributed by atoms with van der Waals surface area (Å²) >= 11 is 0. The van der Waals surface area contributed by atoms with Gasteiger partial charge in [-0.1, -0.05) is 0 Å². The van der Waals surface area contributed by atoms with E-state index in [1.54, 1.807) is 0 Å². The second-order valence-corrected chi connectivity index (χ2v) is 3.58. The summed E-state index contributed by atoms with van der Waals surface area (Å²) < 4.78 is 0.0612. The van der Waals surface area contributed by atoms with Crippen LogP contribution in [0.15, 0.2) is 0 Å². The molecular weight excluding hydrogens is 170 g/mol. The maximum Gasteiger partial charge on any atom is 0.513 e. The number of carbonyl (C=O) groups is 2. The lowest BCUT2D eigenvalue weighted by molar-refractivity contribution is -0.854. The second-order valence-electron chi connectivity index (χ2n) is 3.58. The Bertz CT molecular complexity index is 227. The fourth-order valence-corrected chi connectivity index (χ4v) is 1.80. The zero-order valence-corrected chi connectivity index (χ0v) is 7.95. The molecule has 0 aromatic rings. The van der Waals surface area contributed by atoms with Gasteiger partial charge in [0.15, 0.2) is 0 Å². The Morgan fingerprint density at radius 2 is 2.15 bits per heavy atom. The molecule has 1 aliphatic rings. The van der Waals surface area contributed by atoms with Gasteiger partial charge < -0.3 is 5.11 Å². The third-order valence-corrected chi connectivity index (χ3v) is 2.87. The molecule has 0 bridgehead atoms. The van der Waals surface area contributed by atoms with Crippen LogP contribution >= 0.6 is 0 Å². The van der Waals surface area contributed by atoms with Gasteiger partial charge in [-0.05, 0) is 6.92 Å². The Morgan fingerprint density at radius 1 is 1.46 bits per heavy atom. The zero-order valence-electron chi connectivity index (χ0n) is 7.95. The molecule has 1 N–H and O–H groups in total. The summed E-state index contributed by atoms with van der Waals surface area (Å²) in [6, 6.07) is 0. The zero-order chi connectivity index (χ0) is 9.90. The quantitative estimate of drug-likeness (QED) is 0.627. The van der Waals surface area contributed by atoms with E-state index < -0.39 is 6.09 Å². The monoisotopic (exact) mass is 186 g/mol. The van der Waals surface area contributed by atoms with Gasteiger partial charge in [-0.25, -0.2) is 4.48 Å². The summed E-state index contributed by atoms with van der Waals surface area (Å²) in [5.41, 5.74) is 0. The number of hydrogen-bond donors (Lipinski definition) is 1. The minimum absolute atomic E-state index is 0.0612. The summed E-state index contributed by atoms with van der Waals surface area (Å²) in [4.78, 5) is 22.1. The van der Waals surface area contributed by atoms with Crippen LogP contribution in [0.3, 0.4) is 0 Å². The lowest BCUT2D eigenvalue weighted by Crippen LogP contribution is -2.52. The first-order chi connectivity index (χ1) is 6.10. The minimum atomic E-state index is -0.794. The Labute approximate surface area is 77.7 Å². The van der Waals surface area contributed by atoms with Crippen molar-refractivity contribution in [1.82, 2.24) is 0 Å². The van der Waals surface area contributed by atoms with Crippen molar-refractivity contribution in [1.29, 1.82) is 0 Å². The van der Waals surface area contributed by atoms with Crippen LogP contribution in [-0.4, -0.2) is 41.1 Å². The number of hydrogen-bond acceptors (Lipinski definition) is 2. The molecular formula is C9H16NO3+. The largest absolute Gasteiger partial charge is 0.513 e. The van der Waals surface area contributed by atoms with Crippen molar-refractivity contribution in [3.8, 4) is 0 Å². The molecule has 74 valence electrons. The van der Waals surface area contributed by atoms with E-state index in [0.717, 1.165) is 0 Å². The van der Waals surface area contributed by atoms with Gasteiger partial charge in [0.1, 0.15) is 5.78 Å². The summed E-state index contributed by atoms with van der Waals surface area (Å²) in [5.74, 6) is 0.203.